The fraction of sp³-hybridized carbons (Fsp3) is 0.350. The third-order valence-electron chi connectivity index (χ3n) is 3.55. The van der Waals surface area contributed by atoms with Gasteiger partial charge in [0.15, 0.2) is 0 Å². The van der Waals surface area contributed by atoms with Gasteiger partial charge in [-0.1, -0.05) is 26.0 Å². The first-order valence-electron chi connectivity index (χ1n) is 8.40. The van der Waals surface area contributed by atoms with Gasteiger partial charge in [-0.2, -0.15) is 0 Å². The SMILES string of the molecule is CC(C)c1ccc(Nc2cc(NC(=O)OC(C)(C)C)ccc2N)cc1. The summed E-state index contributed by atoms with van der Waals surface area (Å²) in [5.74, 6) is 0.487. The van der Waals surface area contributed by atoms with Crippen LogP contribution in [0.15, 0.2) is 42.5 Å². The fourth-order valence-corrected chi connectivity index (χ4v) is 2.27. The van der Waals surface area contributed by atoms with Crippen molar-refractivity contribution in [2.24, 2.45) is 0 Å². The summed E-state index contributed by atoms with van der Waals surface area (Å²) in [5.41, 5.74) is 9.65. The minimum absolute atomic E-state index is 0.487. The molecule has 0 aromatic heterocycles. The number of ether oxygens (including phenoxy) is 1. The zero-order valence-corrected chi connectivity index (χ0v) is 15.5. The van der Waals surface area contributed by atoms with Crippen LogP contribution < -0.4 is 16.4 Å². The van der Waals surface area contributed by atoms with E-state index >= 15 is 0 Å². The van der Waals surface area contributed by atoms with E-state index in [1.54, 1.807) is 18.2 Å². The summed E-state index contributed by atoms with van der Waals surface area (Å²) in [5, 5.41) is 6.00. The first-order chi connectivity index (χ1) is 11.6. The van der Waals surface area contributed by atoms with Gasteiger partial charge in [0.2, 0.25) is 0 Å². The molecule has 0 fully saturated rings. The summed E-state index contributed by atoms with van der Waals surface area (Å²) in [4.78, 5) is 11.9. The number of rotatable bonds is 4. The highest BCUT2D eigenvalue weighted by Gasteiger charge is 2.16. The van der Waals surface area contributed by atoms with Crippen LogP contribution in [0.3, 0.4) is 0 Å². The van der Waals surface area contributed by atoms with E-state index < -0.39 is 11.7 Å². The number of amides is 1. The Morgan fingerprint density at radius 3 is 2.20 bits per heavy atom. The molecule has 1 amide bonds. The molecule has 134 valence electrons. The van der Waals surface area contributed by atoms with Crippen molar-refractivity contribution >= 4 is 28.8 Å². The van der Waals surface area contributed by atoms with Crippen molar-refractivity contribution in [3.63, 3.8) is 0 Å². The Morgan fingerprint density at radius 2 is 1.64 bits per heavy atom. The number of carbonyl (C=O) groups excluding carboxylic acids is 1. The summed E-state index contributed by atoms with van der Waals surface area (Å²) in [7, 11) is 0. The van der Waals surface area contributed by atoms with Crippen LogP contribution in [0.25, 0.3) is 0 Å². The number of nitrogens with two attached hydrogens (primary N) is 1. The predicted octanol–water partition coefficient (Wildman–Crippen LogP) is 5.48. The van der Waals surface area contributed by atoms with Crippen molar-refractivity contribution < 1.29 is 9.53 Å². The first kappa shape index (κ1) is 18.6. The van der Waals surface area contributed by atoms with Gasteiger partial charge in [-0.15, -0.1) is 0 Å². The van der Waals surface area contributed by atoms with E-state index in [2.05, 4.69) is 36.6 Å². The van der Waals surface area contributed by atoms with Crippen molar-refractivity contribution in [3.05, 3.63) is 48.0 Å². The van der Waals surface area contributed by atoms with Crippen LogP contribution in [0.1, 0.15) is 46.1 Å². The lowest BCUT2D eigenvalue weighted by molar-refractivity contribution is 0.0636. The van der Waals surface area contributed by atoms with Gasteiger partial charge in [0.25, 0.3) is 0 Å². The van der Waals surface area contributed by atoms with Gasteiger partial charge < -0.3 is 15.8 Å². The number of carbonyl (C=O) groups is 1. The molecule has 2 rings (SSSR count). The maximum absolute atomic E-state index is 11.9. The normalized spacial score (nSPS) is 11.3. The molecule has 0 aliphatic carbocycles. The van der Waals surface area contributed by atoms with E-state index in [1.807, 2.05) is 32.9 Å². The van der Waals surface area contributed by atoms with Crippen LogP contribution in [-0.2, 0) is 4.74 Å². The van der Waals surface area contributed by atoms with E-state index in [0.717, 1.165) is 11.4 Å². The van der Waals surface area contributed by atoms with Crippen LogP contribution in [-0.4, -0.2) is 11.7 Å². The molecule has 0 heterocycles. The van der Waals surface area contributed by atoms with Gasteiger partial charge in [-0.05, 0) is 62.6 Å². The van der Waals surface area contributed by atoms with E-state index in [4.69, 9.17) is 10.5 Å². The molecule has 2 aromatic carbocycles. The van der Waals surface area contributed by atoms with Crippen molar-refractivity contribution in [1.82, 2.24) is 0 Å². The second-order valence-corrected chi connectivity index (χ2v) is 7.33. The minimum atomic E-state index is -0.545. The molecule has 0 unspecified atom stereocenters. The molecular weight excluding hydrogens is 314 g/mol. The quantitative estimate of drug-likeness (QED) is 0.643. The molecule has 0 spiro atoms. The highest BCUT2D eigenvalue weighted by molar-refractivity contribution is 5.87. The fourth-order valence-electron chi connectivity index (χ4n) is 2.27. The Labute approximate surface area is 149 Å². The average molecular weight is 341 g/mol. The predicted molar refractivity (Wildman–Crippen MR) is 105 cm³/mol. The monoisotopic (exact) mass is 341 g/mol. The molecule has 0 radical (unpaired) electrons. The lowest BCUT2D eigenvalue weighted by atomic mass is 10.0. The van der Waals surface area contributed by atoms with Crippen LogP contribution in [0.5, 0.6) is 0 Å². The number of anilines is 4. The molecule has 0 bridgehead atoms. The van der Waals surface area contributed by atoms with E-state index in [1.165, 1.54) is 5.56 Å². The number of nitrogen functional groups attached to an aromatic ring is 1. The standard InChI is InChI=1S/C20H27N3O2/c1-13(2)14-6-8-15(9-7-14)22-18-12-16(10-11-17(18)21)23-19(24)25-20(3,4)5/h6-13,22H,21H2,1-5H3,(H,23,24). The van der Waals surface area contributed by atoms with Crippen molar-refractivity contribution in [2.75, 3.05) is 16.4 Å². The molecule has 5 nitrogen and oxygen atoms in total. The van der Waals surface area contributed by atoms with Gasteiger partial charge >= 0.3 is 6.09 Å². The van der Waals surface area contributed by atoms with Crippen molar-refractivity contribution in [3.8, 4) is 0 Å². The minimum Gasteiger partial charge on any atom is -0.444 e. The lowest BCUT2D eigenvalue weighted by Gasteiger charge is -2.20. The molecular formula is C20H27N3O2. The smallest absolute Gasteiger partial charge is 0.412 e. The second-order valence-electron chi connectivity index (χ2n) is 7.33. The summed E-state index contributed by atoms with van der Waals surface area (Å²) in [6.07, 6.45) is -0.496. The number of benzene rings is 2. The molecule has 0 aliphatic heterocycles. The van der Waals surface area contributed by atoms with Crippen LogP contribution in [0, 0.1) is 0 Å². The average Bonchev–Trinajstić information content (AvgIpc) is 2.49. The molecule has 4 N–H and O–H groups in total. The highest BCUT2D eigenvalue weighted by atomic mass is 16.6. The Hall–Kier alpha value is -2.69. The first-order valence-corrected chi connectivity index (χ1v) is 8.40. The summed E-state index contributed by atoms with van der Waals surface area (Å²) >= 11 is 0. The Balaban J connectivity index is 2.12. The second kappa shape index (κ2) is 7.47. The van der Waals surface area contributed by atoms with Gasteiger partial charge in [-0.3, -0.25) is 5.32 Å². The van der Waals surface area contributed by atoms with Gasteiger partial charge in [0, 0.05) is 11.4 Å². The highest BCUT2D eigenvalue weighted by Crippen LogP contribution is 2.28. The molecule has 0 aliphatic rings. The molecule has 0 atom stereocenters. The molecule has 25 heavy (non-hydrogen) atoms. The Bertz CT molecular complexity index is 732. The molecule has 5 heteroatoms. The summed E-state index contributed by atoms with van der Waals surface area (Å²) < 4.78 is 5.26. The number of hydrogen-bond donors (Lipinski definition) is 3. The van der Waals surface area contributed by atoms with Crippen LogP contribution >= 0.6 is 0 Å². The molecule has 0 saturated carbocycles. The van der Waals surface area contributed by atoms with Gasteiger partial charge in [0.1, 0.15) is 5.60 Å². The lowest BCUT2D eigenvalue weighted by Crippen LogP contribution is -2.27. The maximum Gasteiger partial charge on any atom is 0.412 e. The van der Waals surface area contributed by atoms with E-state index in [0.29, 0.717) is 17.3 Å². The summed E-state index contributed by atoms with van der Waals surface area (Å²) in [6, 6.07) is 13.5. The maximum atomic E-state index is 11.9. The van der Waals surface area contributed by atoms with Gasteiger partial charge in [-0.25, -0.2) is 4.79 Å². The Morgan fingerprint density at radius 1 is 1.04 bits per heavy atom. The Kier molecular flexibility index (Phi) is 5.57. The van der Waals surface area contributed by atoms with Crippen LogP contribution in [0.4, 0.5) is 27.5 Å². The number of nitrogens with one attached hydrogen (secondary N) is 2. The third-order valence-corrected chi connectivity index (χ3v) is 3.55. The van der Waals surface area contributed by atoms with Crippen molar-refractivity contribution in [1.29, 1.82) is 0 Å². The van der Waals surface area contributed by atoms with E-state index in [-0.39, 0.29) is 0 Å². The topological polar surface area (TPSA) is 76.4 Å². The number of hydrogen-bond acceptors (Lipinski definition) is 4. The van der Waals surface area contributed by atoms with E-state index in [9.17, 15) is 4.79 Å². The zero-order chi connectivity index (χ0) is 18.6. The van der Waals surface area contributed by atoms with Crippen molar-refractivity contribution in [2.45, 2.75) is 46.1 Å². The largest absolute Gasteiger partial charge is 0.444 e. The van der Waals surface area contributed by atoms with Crippen LogP contribution in [0.2, 0.25) is 0 Å². The summed E-state index contributed by atoms with van der Waals surface area (Å²) in [6.45, 7) is 9.79. The van der Waals surface area contributed by atoms with Gasteiger partial charge in [0.05, 0.1) is 11.4 Å². The third kappa shape index (κ3) is 5.71. The zero-order valence-electron chi connectivity index (χ0n) is 15.5. The molecule has 0 saturated heterocycles. The molecule has 2 aromatic rings.